The van der Waals surface area contributed by atoms with Crippen LogP contribution in [-0.4, -0.2) is 7.05 Å². The van der Waals surface area contributed by atoms with Gasteiger partial charge in [0.05, 0.1) is 0 Å². The summed E-state index contributed by atoms with van der Waals surface area (Å²) >= 11 is 0. The van der Waals surface area contributed by atoms with Crippen molar-refractivity contribution >= 4 is 0 Å². The minimum absolute atomic E-state index is 0.133. The van der Waals surface area contributed by atoms with E-state index in [-0.39, 0.29) is 5.82 Å². The molecular weight excluding hydrogens is 213 g/mol. The van der Waals surface area contributed by atoms with Gasteiger partial charge in [-0.05, 0) is 49.4 Å². The van der Waals surface area contributed by atoms with E-state index in [2.05, 4.69) is 12.2 Å². The summed E-state index contributed by atoms with van der Waals surface area (Å²) in [5.74, 6) is 1.32. The Morgan fingerprint density at radius 2 is 2.18 bits per heavy atom. The molecule has 0 spiro atoms. The molecule has 1 aromatic carbocycles. The van der Waals surface area contributed by atoms with E-state index in [0.717, 1.165) is 11.5 Å². The van der Waals surface area contributed by atoms with Crippen LogP contribution < -0.4 is 5.32 Å². The SMILES string of the molecule is CNC(c1cccc(F)c1)C1CCCC(C)C1. The van der Waals surface area contributed by atoms with Crippen molar-refractivity contribution in [2.24, 2.45) is 11.8 Å². The monoisotopic (exact) mass is 235 g/mol. The molecule has 0 amide bonds. The normalized spacial score (nSPS) is 26.8. The molecule has 17 heavy (non-hydrogen) atoms. The number of rotatable bonds is 3. The van der Waals surface area contributed by atoms with Gasteiger partial charge < -0.3 is 5.32 Å². The minimum atomic E-state index is -0.133. The van der Waals surface area contributed by atoms with Crippen LogP contribution >= 0.6 is 0 Å². The second-order valence-corrected chi connectivity index (χ2v) is 5.35. The van der Waals surface area contributed by atoms with E-state index < -0.39 is 0 Å². The van der Waals surface area contributed by atoms with Crippen LogP contribution in [0.3, 0.4) is 0 Å². The van der Waals surface area contributed by atoms with E-state index >= 15 is 0 Å². The van der Waals surface area contributed by atoms with Gasteiger partial charge in [-0.25, -0.2) is 4.39 Å². The third-order valence-corrected chi connectivity index (χ3v) is 3.97. The molecule has 1 N–H and O–H groups in total. The number of nitrogens with one attached hydrogen (secondary N) is 1. The van der Waals surface area contributed by atoms with Gasteiger partial charge in [0, 0.05) is 6.04 Å². The van der Waals surface area contributed by atoms with E-state index in [9.17, 15) is 4.39 Å². The predicted octanol–water partition coefficient (Wildman–Crippen LogP) is 3.91. The first kappa shape index (κ1) is 12.6. The molecule has 1 fully saturated rings. The molecule has 94 valence electrons. The van der Waals surface area contributed by atoms with Gasteiger partial charge in [0.1, 0.15) is 5.82 Å². The van der Waals surface area contributed by atoms with E-state index in [0.29, 0.717) is 12.0 Å². The minimum Gasteiger partial charge on any atom is -0.313 e. The molecule has 3 unspecified atom stereocenters. The Hall–Kier alpha value is -0.890. The van der Waals surface area contributed by atoms with Crippen molar-refractivity contribution in [2.75, 3.05) is 7.05 Å². The maximum Gasteiger partial charge on any atom is 0.123 e. The highest BCUT2D eigenvalue weighted by Crippen LogP contribution is 2.36. The van der Waals surface area contributed by atoms with Gasteiger partial charge in [-0.15, -0.1) is 0 Å². The molecule has 2 rings (SSSR count). The molecule has 1 aliphatic rings. The van der Waals surface area contributed by atoms with Crippen molar-refractivity contribution in [1.82, 2.24) is 5.32 Å². The maximum absolute atomic E-state index is 13.3. The standard InChI is InChI=1S/C15H22FN/c1-11-5-3-6-12(9-11)15(17-2)13-7-4-8-14(16)10-13/h4,7-8,10-12,15,17H,3,5-6,9H2,1-2H3. The van der Waals surface area contributed by atoms with E-state index in [1.807, 2.05) is 13.1 Å². The first-order valence-corrected chi connectivity index (χ1v) is 6.63. The van der Waals surface area contributed by atoms with Crippen molar-refractivity contribution in [1.29, 1.82) is 0 Å². The second kappa shape index (κ2) is 5.63. The van der Waals surface area contributed by atoms with Crippen LogP contribution in [-0.2, 0) is 0 Å². The van der Waals surface area contributed by atoms with Gasteiger partial charge >= 0.3 is 0 Å². The van der Waals surface area contributed by atoms with Gasteiger partial charge in [-0.2, -0.15) is 0 Å². The average molecular weight is 235 g/mol. The number of benzene rings is 1. The van der Waals surface area contributed by atoms with Gasteiger partial charge in [0.15, 0.2) is 0 Å². The molecule has 3 atom stereocenters. The zero-order chi connectivity index (χ0) is 12.3. The summed E-state index contributed by atoms with van der Waals surface area (Å²) in [6.07, 6.45) is 5.16. The fraction of sp³-hybridized carbons (Fsp3) is 0.600. The van der Waals surface area contributed by atoms with Crippen molar-refractivity contribution < 1.29 is 4.39 Å². The third-order valence-electron chi connectivity index (χ3n) is 3.97. The lowest BCUT2D eigenvalue weighted by molar-refractivity contribution is 0.229. The van der Waals surface area contributed by atoms with Crippen molar-refractivity contribution in [3.8, 4) is 0 Å². The highest BCUT2D eigenvalue weighted by atomic mass is 19.1. The van der Waals surface area contributed by atoms with Gasteiger partial charge in [0.2, 0.25) is 0 Å². The third kappa shape index (κ3) is 3.06. The lowest BCUT2D eigenvalue weighted by Gasteiger charge is -2.33. The van der Waals surface area contributed by atoms with Gasteiger partial charge in [-0.1, -0.05) is 31.9 Å². The molecular formula is C15H22FN. The number of hydrogen-bond acceptors (Lipinski definition) is 1. The highest BCUT2D eigenvalue weighted by Gasteiger charge is 2.26. The topological polar surface area (TPSA) is 12.0 Å². The number of hydrogen-bond donors (Lipinski definition) is 1. The van der Waals surface area contributed by atoms with Gasteiger partial charge in [0.25, 0.3) is 0 Å². The predicted molar refractivity (Wildman–Crippen MR) is 69.3 cm³/mol. The van der Waals surface area contributed by atoms with Crippen LogP contribution in [0.1, 0.15) is 44.2 Å². The first-order valence-electron chi connectivity index (χ1n) is 6.63. The molecule has 0 bridgehead atoms. The zero-order valence-corrected chi connectivity index (χ0v) is 10.7. The van der Waals surface area contributed by atoms with Crippen molar-refractivity contribution in [2.45, 2.75) is 38.6 Å². The summed E-state index contributed by atoms with van der Waals surface area (Å²) in [6, 6.07) is 7.32. The van der Waals surface area contributed by atoms with Crippen LogP contribution in [0.15, 0.2) is 24.3 Å². The Kier molecular flexibility index (Phi) is 4.16. The largest absolute Gasteiger partial charge is 0.313 e. The quantitative estimate of drug-likeness (QED) is 0.837. The Balaban J connectivity index is 2.15. The molecule has 1 aromatic rings. The molecule has 0 aliphatic heterocycles. The first-order chi connectivity index (χ1) is 8.20. The van der Waals surface area contributed by atoms with E-state index in [4.69, 9.17) is 0 Å². The summed E-state index contributed by atoms with van der Waals surface area (Å²) in [4.78, 5) is 0. The molecule has 1 aliphatic carbocycles. The van der Waals surface area contributed by atoms with Crippen LogP contribution in [0.4, 0.5) is 4.39 Å². The smallest absolute Gasteiger partial charge is 0.123 e. The summed E-state index contributed by atoms with van der Waals surface area (Å²) in [5.41, 5.74) is 1.09. The summed E-state index contributed by atoms with van der Waals surface area (Å²) in [7, 11) is 1.98. The number of halogens is 1. The molecule has 0 heterocycles. The zero-order valence-electron chi connectivity index (χ0n) is 10.7. The van der Waals surface area contributed by atoms with Crippen LogP contribution in [0.5, 0.6) is 0 Å². The van der Waals surface area contributed by atoms with Gasteiger partial charge in [-0.3, -0.25) is 0 Å². The fourth-order valence-electron chi connectivity index (χ4n) is 3.16. The highest BCUT2D eigenvalue weighted by molar-refractivity contribution is 5.21. The molecule has 1 saturated carbocycles. The maximum atomic E-state index is 13.3. The molecule has 1 nitrogen and oxygen atoms in total. The Bertz CT molecular complexity index is 364. The second-order valence-electron chi connectivity index (χ2n) is 5.35. The molecule has 0 aromatic heterocycles. The average Bonchev–Trinajstić information content (AvgIpc) is 2.30. The summed E-state index contributed by atoms with van der Waals surface area (Å²) in [5, 5.41) is 3.37. The van der Waals surface area contributed by atoms with Crippen molar-refractivity contribution in [3.63, 3.8) is 0 Å². The Morgan fingerprint density at radius 3 is 2.82 bits per heavy atom. The molecule has 0 saturated heterocycles. The van der Waals surface area contributed by atoms with Crippen LogP contribution in [0, 0.1) is 17.7 Å². The van der Waals surface area contributed by atoms with Crippen molar-refractivity contribution in [3.05, 3.63) is 35.6 Å². The Morgan fingerprint density at radius 1 is 1.35 bits per heavy atom. The Labute approximate surface area is 103 Å². The van der Waals surface area contributed by atoms with Crippen LogP contribution in [0.2, 0.25) is 0 Å². The van der Waals surface area contributed by atoms with Crippen LogP contribution in [0.25, 0.3) is 0 Å². The molecule has 0 radical (unpaired) electrons. The van der Waals surface area contributed by atoms with E-state index in [1.54, 1.807) is 12.1 Å². The van der Waals surface area contributed by atoms with E-state index in [1.165, 1.54) is 31.7 Å². The lowest BCUT2D eigenvalue weighted by Crippen LogP contribution is -2.29. The summed E-state index contributed by atoms with van der Waals surface area (Å²) < 4.78 is 13.3. The summed E-state index contributed by atoms with van der Waals surface area (Å²) in [6.45, 7) is 2.32. The molecule has 2 heteroatoms. The lowest BCUT2D eigenvalue weighted by atomic mass is 9.77. The fourth-order valence-corrected chi connectivity index (χ4v) is 3.16.